The molecule has 0 spiro atoms. The average molecular weight is 350 g/mol. The molecule has 2 rings (SSSR count). The van der Waals surface area contributed by atoms with E-state index in [-0.39, 0.29) is 11.4 Å². The highest BCUT2D eigenvalue weighted by molar-refractivity contribution is 7.89. The molecule has 1 atom stereocenters. The number of rotatable bonds is 7. The fraction of sp³-hybridized carbons (Fsp3) is 0.250. The van der Waals surface area contributed by atoms with Crippen LogP contribution in [0.25, 0.3) is 0 Å². The SMILES string of the molecule is Cc1ccc([C@H](CNS(=O)(=O)c2ccc(C)cc2)O[N+](=O)[O-])cc1. The average Bonchev–Trinajstić information content (AvgIpc) is 2.52. The molecule has 0 bridgehead atoms. The van der Waals surface area contributed by atoms with Crippen molar-refractivity contribution in [3.8, 4) is 0 Å². The Labute approximate surface area is 140 Å². The fourth-order valence-corrected chi connectivity index (χ4v) is 3.12. The molecule has 0 aliphatic heterocycles. The summed E-state index contributed by atoms with van der Waals surface area (Å²) in [7, 11) is -3.78. The predicted molar refractivity (Wildman–Crippen MR) is 88.4 cm³/mol. The number of aryl methyl sites for hydroxylation is 2. The first-order chi connectivity index (χ1) is 11.3. The molecule has 0 amide bonds. The van der Waals surface area contributed by atoms with Crippen molar-refractivity contribution in [2.24, 2.45) is 0 Å². The van der Waals surface area contributed by atoms with E-state index >= 15 is 0 Å². The lowest BCUT2D eigenvalue weighted by Crippen LogP contribution is -2.30. The topological polar surface area (TPSA) is 98.5 Å². The normalized spacial score (nSPS) is 12.6. The Bertz CT molecular complexity index is 801. The lowest BCUT2D eigenvalue weighted by Gasteiger charge is -2.16. The van der Waals surface area contributed by atoms with Crippen molar-refractivity contribution in [1.82, 2.24) is 4.72 Å². The summed E-state index contributed by atoms with van der Waals surface area (Å²) in [5.74, 6) is 0. The van der Waals surface area contributed by atoms with Crippen molar-refractivity contribution in [3.05, 3.63) is 75.3 Å². The molecule has 0 heterocycles. The lowest BCUT2D eigenvalue weighted by atomic mass is 10.1. The molecule has 128 valence electrons. The van der Waals surface area contributed by atoms with Gasteiger partial charge in [0.05, 0.1) is 4.90 Å². The lowest BCUT2D eigenvalue weighted by molar-refractivity contribution is -0.770. The second kappa shape index (κ2) is 7.41. The second-order valence-corrected chi connectivity index (χ2v) is 7.16. The highest BCUT2D eigenvalue weighted by Gasteiger charge is 2.20. The summed E-state index contributed by atoms with van der Waals surface area (Å²) in [5.41, 5.74) is 2.44. The van der Waals surface area contributed by atoms with E-state index in [9.17, 15) is 18.5 Å². The van der Waals surface area contributed by atoms with E-state index < -0.39 is 21.2 Å². The van der Waals surface area contributed by atoms with Gasteiger partial charge in [0, 0.05) is 6.54 Å². The number of nitrogens with zero attached hydrogens (tertiary/aromatic N) is 1. The molecule has 0 saturated heterocycles. The maximum atomic E-state index is 12.3. The van der Waals surface area contributed by atoms with E-state index in [0.29, 0.717) is 5.56 Å². The Hall–Kier alpha value is -2.45. The zero-order valence-electron chi connectivity index (χ0n) is 13.3. The number of nitrogens with one attached hydrogen (secondary N) is 1. The van der Waals surface area contributed by atoms with Gasteiger partial charge < -0.3 is 4.84 Å². The summed E-state index contributed by atoms with van der Waals surface area (Å²) in [6, 6.07) is 13.2. The first-order valence-electron chi connectivity index (χ1n) is 7.22. The third-order valence-corrected chi connectivity index (χ3v) is 4.89. The molecule has 0 aliphatic rings. The fourth-order valence-electron chi connectivity index (χ4n) is 2.09. The minimum atomic E-state index is -3.78. The van der Waals surface area contributed by atoms with Gasteiger partial charge in [-0.3, -0.25) is 0 Å². The summed E-state index contributed by atoms with van der Waals surface area (Å²) in [6.45, 7) is 3.48. The van der Waals surface area contributed by atoms with E-state index in [0.717, 1.165) is 11.1 Å². The quantitative estimate of drug-likeness (QED) is 0.611. The monoisotopic (exact) mass is 350 g/mol. The van der Waals surface area contributed by atoms with Gasteiger partial charge in [0.15, 0.2) is 0 Å². The van der Waals surface area contributed by atoms with Crippen molar-refractivity contribution < 1.29 is 18.3 Å². The van der Waals surface area contributed by atoms with Crippen LogP contribution in [-0.2, 0) is 14.9 Å². The molecule has 24 heavy (non-hydrogen) atoms. The molecule has 0 radical (unpaired) electrons. The van der Waals surface area contributed by atoms with Crippen LogP contribution in [0.3, 0.4) is 0 Å². The van der Waals surface area contributed by atoms with E-state index in [4.69, 9.17) is 0 Å². The van der Waals surface area contributed by atoms with E-state index in [1.54, 1.807) is 36.4 Å². The second-order valence-electron chi connectivity index (χ2n) is 5.39. The first-order valence-corrected chi connectivity index (χ1v) is 8.70. The largest absolute Gasteiger partial charge is 0.304 e. The molecule has 0 unspecified atom stereocenters. The molecular weight excluding hydrogens is 332 g/mol. The van der Waals surface area contributed by atoms with Gasteiger partial charge >= 0.3 is 0 Å². The predicted octanol–water partition coefficient (Wildman–Crippen LogP) is 2.53. The summed E-state index contributed by atoms with van der Waals surface area (Å²) in [5, 5.41) is 9.76. The summed E-state index contributed by atoms with van der Waals surface area (Å²) in [6.07, 6.45) is -1.03. The van der Waals surface area contributed by atoms with Crippen molar-refractivity contribution in [3.63, 3.8) is 0 Å². The molecule has 0 aromatic heterocycles. The highest BCUT2D eigenvalue weighted by atomic mass is 32.2. The number of sulfonamides is 1. The van der Waals surface area contributed by atoms with Gasteiger partial charge in [0.1, 0.15) is 6.10 Å². The van der Waals surface area contributed by atoms with Crippen molar-refractivity contribution in [2.75, 3.05) is 6.54 Å². The van der Waals surface area contributed by atoms with Crippen LogP contribution in [0.15, 0.2) is 53.4 Å². The molecule has 1 N–H and O–H groups in total. The van der Waals surface area contributed by atoms with Gasteiger partial charge in [-0.2, -0.15) is 0 Å². The van der Waals surface area contributed by atoms with Crippen LogP contribution < -0.4 is 4.72 Å². The Kier molecular flexibility index (Phi) is 5.53. The number of hydrogen-bond donors (Lipinski definition) is 1. The molecule has 0 fully saturated rings. The summed E-state index contributed by atoms with van der Waals surface area (Å²) >= 11 is 0. The maximum Gasteiger partial charge on any atom is 0.295 e. The van der Waals surface area contributed by atoms with Gasteiger partial charge in [-0.1, -0.05) is 47.5 Å². The zero-order valence-corrected chi connectivity index (χ0v) is 14.1. The van der Waals surface area contributed by atoms with Gasteiger partial charge in [-0.05, 0) is 31.5 Å². The molecular formula is C16H18N2O5S. The molecule has 0 saturated carbocycles. The van der Waals surface area contributed by atoms with Gasteiger partial charge in [0.25, 0.3) is 5.09 Å². The molecule has 0 aliphatic carbocycles. The molecule has 7 nitrogen and oxygen atoms in total. The molecule has 2 aromatic rings. The van der Waals surface area contributed by atoms with E-state index in [1.165, 1.54) is 12.1 Å². The van der Waals surface area contributed by atoms with Crippen LogP contribution in [-0.4, -0.2) is 20.0 Å². The van der Waals surface area contributed by atoms with Crippen LogP contribution in [0.1, 0.15) is 22.8 Å². The van der Waals surface area contributed by atoms with Crippen molar-refractivity contribution in [1.29, 1.82) is 0 Å². The highest BCUT2D eigenvalue weighted by Crippen LogP contribution is 2.19. The van der Waals surface area contributed by atoms with Crippen LogP contribution in [0.5, 0.6) is 0 Å². The third-order valence-electron chi connectivity index (χ3n) is 3.45. The zero-order chi connectivity index (χ0) is 17.7. The van der Waals surface area contributed by atoms with Crippen LogP contribution in [0.4, 0.5) is 0 Å². The third kappa shape index (κ3) is 4.77. The van der Waals surface area contributed by atoms with Crippen LogP contribution >= 0.6 is 0 Å². The van der Waals surface area contributed by atoms with Crippen LogP contribution in [0.2, 0.25) is 0 Å². The number of benzene rings is 2. The molecule has 8 heteroatoms. The number of hydrogen-bond acceptors (Lipinski definition) is 5. The smallest absolute Gasteiger partial charge is 0.295 e. The Morgan fingerprint density at radius 2 is 1.54 bits per heavy atom. The van der Waals surface area contributed by atoms with Gasteiger partial charge in [-0.25, -0.2) is 13.1 Å². The van der Waals surface area contributed by atoms with Crippen LogP contribution in [0, 0.1) is 24.0 Å². The maximum absolute atomic E-state index is 12.3. The Morgan fingerprint density at radius 3 is 2.04 bits per heavy atom. The standard InChI is InChI=1S/C16H18N2O5S/c1-12-3-7-14(8-4-12)16(23-18(19)20)11-17-24(21,22)15-9-5-13(2)6-10-15/h3-10,16-17H,11H2,1-2H3/t16-/m0/s1. The van der Waals surface area contributed by atoms with Gasteiger partial charge in [0.2, 0.25) is 10.0 Å². The molecule has 2 aromatic carbocycles. The Morgan fingerprint density at radius 1 is 1.04 bits per heavy atom. The Balaban J connectivity index is 2.16. The van der Waals surface area contributed by atoms with Gasteiger partial charge in [-0.15, -0.1) is 10.1 Å². The van der Waals surface area contributed by atoms with Crippen molar-refractivity contribution >= 4 is 10.0 Å². The van der Waals surface area contributed by atoms with E-state index in [2.05, 4.69) is 9.56 Å². The summed E-state index contributed by atoms with van der Waals surface area (Å²) in [4.78, 5) is 15.4. The summed E-state index contributed by atoms with van der Waals surface area (Å²) < 4.78 is 26.9. The minimum absolute atomic E-state index is 0.0943. The van der Waals surface area contributed by atoms with E-state index in [1.807, 2.05) is 13.8 Å². The van der Waals surface area contributed by atoms with Crippen molar-refractivity contribution in [2.45, 2.75) is 24.8 Å². The minimum Gasteiger partial charge on any atom is -0.304 e. The first kappa shape index (κ1) is 17.9.